The van der Waals surface area contributed by atoms with Gasteiger partial charge in [0, 0.05) is 17.3 Å². The van der Waals surface area contributed by atoms with Crippen LogP contribution in [0.15, 0.2) is 157 Å². The van der Waals surface area contributed by atoms with Crippen molar-refractivity contribution >= 4 is 27.5 Å². The van der Waals surface area contributed by atoms with Crippen LogP contribution in [0.5, 0.6) is 0 Å². The van der Waals surface area contributed by atoms with E-state index in [-0.39, 0.29) is 12.3 Å². The van der Waals surface area contributed by atoms with Crippen molar-refractivity contribution in [3.63, 3.8) is 0 Å². The van der Waals surface area contributed by atoms with Crippen LogP contribution in [-0.4, -0.2) is 10.8 Å². The van der Waals surface area contributed by atoms with Crippen LogP contribution >= 0.6 is 0 Å². The number of H-pyrrole nitrogens is 1. The summed E-state index contributed by atoms with van der Waals surface area (Å²) in [4.78, 5) is 8.49. The molecule has 0 saturated carbocycles. The maximum Gasteiger partial charge on any atom is 0.131 e. The van der Waals surface area contributed by atoms with E-state index in [1.807, 2.05) is 18.3 Å². The molecule has 206 valence electrons. The molecule has 2 heterocycles. The largest absolute Gasteiger partial charge is 0.361 e. The molecular formula is C39H30N4. The lowest BCUT2D eigenvalue weighted by molar-refractivity contribution is 0.411. The zero-order valence-corrected chi connectivity index (χ0v) is 23.5. The van der Waals surface area contributed by atoms with Crippen molar-refractivity contribution in [2.75, 3.05) is 0 Å². The van der Waals surface area contributed by atoms with Gasteiger partial charge in [-0.15, -0.1) is 0 Å². The minimum atomic E-state index is -0.169. The molecule has 1 aliphatic heterocycles. The smallest absolute Gasteiger partial charge is 0.131 e. The van der Waals surface area contributed by atoms with Gasteiger partial charge in [-0.3, -0.25) is 5.32 Å². The van der Waals surface area contributed by atoms with E-state index < -0.39 is 0 Å². The number of hydrogen-bond donors (Lipinski definition) is 3. The van der Waals surface area contributed by atoms with Crippen molar-refractivity contribution in [1.29, 1.82) is 0 Å². The lowest BCUT2D eigenvalue weighted by Crippen LogP contribution is -2.45. The maximum atomic E-state index is 5.08. The summed E-state index contributed by atoms with van der Waals surface area (Å²) in [5, 5.41) is 11.1. The number of rotatable bonds is 5. The summed E-state index contributed by atoms with van der Waals surface area (Å²) in [6, 6.07) is 51.5. The van der Waals surface area contributed by atoms with Crippen LogP contribution in [0.3, 0.4) is 0 Å². The number of hydrogen-bond acceptors (Lipinski definition) is 3. The number of para-hydroxylation sites is 1. The van der Waals surface area contributed by atoms with E-state index in [0.717, 1.165) is 17.0 Å². The van der Waals surface area contributed by atoms with E-state index in [1.54, 1.807) is 0 Å². The Bertz CT molecular complexity index is 2080. The number of aromatic nitrogens is 1. The van der Waals surface area contributed by atoms with E-state index in [2.05, 4.69) is 149 Å². The molecule has 2 unspecified atom stereocenters. The Morgan fingerprint density at radius 1 is 0.512 bits per heavy atom. The molecule has 0 fully saturated rings. The van der Waals surface area contributed by atoms with E-state index in [1.165, 1.54) is 49.5 Å². The molecule has 8 rings (SSSR count). The molecule has 4 nitrogen and oxygen atoms in total. The molecule has 4 heteroatoms. The monoisotopic (exact) mass is 554 g/mol. The fourth-order valence-corrected chi connectivity index (χ4v) is 6.25. The summed E-state index contributed by atoms with van der Waals surface area (Å²) in [5.74, 6) is 0.888. The average molecular weight is 555 g/mol. The van der Waals surface area contributed by atoms with Crippen LogP contribution in [0.2, 0.25) is 0 Å². The Kier molecular flexibility index (Phi) is 6.32. The Labute approximate surface area is 250 Å². The molecule has 43 heavy (non-hydrogen) atoms. The lowest BCUT2D eigenvalue weighted by atomic mass is 9.92. The molecule has 7 aromatic rings. The zero-order valence-electron chi connectivity index (χ0n) is 23.5. The maximum absolute atomic E-state index is 5.08. The second-order valence-electron chi connectivity index (χ2n) is 11.0. The van der Waals surface area contributed by atoms with E-state index >= 15 is 0 Å². The minimum Gasteiger partial charge on any atom is -0.361 e. The van der Waals surface area contributed by atoms with Gasteiger partial charge in [-0.05, 0) is 50.0 Å². The van der Waals surface area contributed by atoms with Crippen molar-refractivity contribution in [2.24, 2.45) is 4.99 Å². The highest BCUT2D eigenvalue weighted by molar-refractivity contribution is 6.02. The number of nitrogens with one attached hydrogen (secondary N) is 3. The van der Waals surface area contributed by atoms with Crippen molar-refractivity contribution < 1.29 is 0 Å². The summed E-state index contributed by atoms with van der Waals surface area (Å²) in [5.41, 5.74) is 9.41. The fraction of sp³-hybridized carbons (Fsp3) is 0.0513. The third-order valence-corrected chi connectivity index (χ3v) is 8.39. The second-order valence-corrected chi connectivity index (χ2v) is 11.0. The molecule has 0 saturated heterocycles. The highest BCUT2D eigenvalue weighted by atomic mass is 15.3. The summed E-state index contributed by atoms with van der Waals surface area (Å²) >= 11 is 0. The first kappa shape index (κ1) is 25.3. The van der Waals surface area contributed by atoms with Crippen LogP contribution in [0.4, 0.5) is 0 Å². The van der Waals surface area contributed by atoms with Crippen molar-refractivity contribution in [3.8, 4) is 22.3 Å². The Balaban J connectivity index is 1.18. The molecule has 0 radical (unpaired) electrons. The van der Waals surface area contributed by atoms with Gasteiger partial charge >= 0.3 is 0 Å². The van der Waals surface area contributed by atoms with Crippen LogP contribution in [0.1, 0.15) is 29.0 Å². The van der Waals surface area contributed by atoms with E-state index in [4.69, 9.17) is 4.99 Å². The first-order valence-corrected chi connectivity index (χ1v) is 14.7. The van der Waals surface area contributed by atoms with Gasteiger partial charge in [-0.1, -0.05) is 140 Å². The third kappa shape index (κ3) is 4.68. The first-order valence-electron chi connectivity index (χ1n) is 14.7. The third-order valence-electron chi connectivity index (χ3n) is 8.39. The van der Waals surface area contributed by atoms with Crippen molar-refractivity contribution in [3.05, 3.63) is 168 Å². The van der Waals surface area contributed by atoms with Gasteiger partial charge in [0.2, 0.25) is 0 Å². The summed E-state index contributed by atoms with van der Waals surface area (Å²) < 4.78 is 0. The normalized spacial score (nSPS) is 16.6. The van der Waals surface area contributed by atoms with Gasteiger partial charge in [0.05, 0.1) is 5.52 Å². The Hall–Kier alpha value is -5.45. The predicted octanol–water partition coefficient (Wildman–Crippen LogP) is 8.99. The Morgan fingerprint density at radius 2 is 1.21 bits per heavy atom. The van der Waals surface area contributed by atoms with Crippen LogP contribution in [-0.2, 0) is 0 Å². The minimum absolute atomic E-state index is 0.125. The number of nitrogens with zero attached hydrogens (tertiary/aromatic N) is 1. The number of aliphatic imine (C=N–C) groups is 1. The van der Waals surface area contributed by atoms with Crippen LogP contribution in [0.25, 0.3) is 43.9 Å². The van der Waals surface area contributed by atoms with Gasteiger partial charge in [0.1, 0.15) is 18.2 Å². The van der Waals surface area contributed by atoms with Gasteiger partial charge in [-0.2, -0.15) is 0 Å². The quantitative estimate of drug-likeness (QED) is 0.199. The average Bonchev–Trinajstić information content (AvgIpc) is 3.58. The summed E-state index contributed by atoms with van der Waals surface area (Å²) in [6.07, 6.45) is 1.71. The van der Waals surface area contributed by atoms with Gasteiger partial charge < -0.3 is 10.3 Å². The molecule has 0 amide bonds. The first-order chi connectivity index (χ1) is 21.3. The predicted molar refractivity (Wildman–Crippen MR) is 178 cm³/mol. The molecule has 1 aromatic heterocycles. The second kappa shape index (κ2) is 10.8. The molecular weight excluding hydrogens is 524 g/mol. The van der Waals surface area contributed by atoms with Crippen LogP contribution < -0.4 is 10.6 Å². The molecule has 1 aliphatic rings. The SMILES string of the molecule is c1ccc(C2=NC(c3ccccc3)NC(c3ccc(-c4ccc(-c5cccc6cc[nH]c56)cc4)c4ccccc34)N2)cc1. The molecule has 0 bridgehead atoms. The molecule has 0 spiro atoms. The molecule has 2 atom stereocenters. The van der Waals surface area contributed by atoms with Crippen molar-refractivity contribution in [1.82, 2.24) is 15.6 Å². The van der Waals surface area contributed by atoms with E-state index in [0.29, 0.717) is 0 Å². The van der Waals surface area contributed by atoms with Gasteiger partial charge in [0.25, 0.3) is 0 Å². The Morgan fingerprint density at radius 3 is 2.00 bits per heavy atom. The van der Waals surface area contributed by atoms with Crippen molar-refractivity contribution in [2.45, 2.75) is 12.3 Å². The fourth-order valence-electron chi connectivity index (χ4n) is 6.25. The number of fused-ring (bicyclic) bond motifs is 2. The van der Waals surface area contributed by atoms with Gasteiger partial charge in [-0.25, -0.2) is 4.99 Å². The summed E-state index contributed by atoms with van der Waals surface area (Å²) in [7, 11) is 0. The highest BCUT2D eigenvalue weighted by Crippen LogP contribution is 2.36. The molecule has 0 aliphatic carbocycles. The highest BCUT2D eigenvalue weighted by Gasteiger charge is 2.26. The number of amidine groups is 1. The van der Waals surface area contributed by atoms with Crippen LogP contribution in [0, 0.1) is 0 Å². The number of benzene rings is 6. The lowest BCUT2D eigenvalue weighted by Gasteiger charge is -2.33. The topological polar surface area (TPSA) is 52.2 Å². The molecule has 3 N–H and O–H groups in total. The van der Waals surface area contributed by atoms with Gasteiger partial charge in [0.15, 0.2) is 0 Å². The molecule has 6 aromatic carbocycles. The summed E-state index contributed by atoms with van der Waals surface area (Å²) in [6.45, 7) is 0. The zero-order chi connectivity index (χ0) is 28.6. The standard InChI is InChI=1S/C39H30N4/c1-3-10-29(11-4-1)37-41-38(30-12-5-2-6-13-30)43-39(42-37)35-23-22-31(33-15-7-8-16-34(33)35)26-18-20-27(21-19-26)32-17-9-14-28-24-25-40-36(28)32/h1-25,37,39-40,42H,(H,41,43). The number of aromatic amines is 1. The van der Waals surface area contributed by atoms with E-state index in [9.17, 15) is 0 Å².